The monoisotopic (exact) mass is 325 g/mol. The van der Waals surface area contributed by atoms with Crippen LogP contribution in [0.5, 0.6) is 0 Å². The molecule has 2 N–H and O–H groups in total. The minimum atomic E-state index is -1.14. The Morgan fingerprint density at radius 2 is 1.79 bits per heavy atom. The standard InChI is InChI=1S/C14H10BrF2NO/c1-7-2-4-9(13(17)12(7)16)14(19)10-6-8(18)3-5-11(10)15/h2-6H,18H2,1H3. The summed E-state index contributed by atoms with van der Waals surface area (Å²) in [5.41, 5.74) is 6.01. The minimum Gasteiger partial charge on any atom is -0.399 e. The van der Waals surface area contributed by atoms with Crippen molar-refractivity contribution in [2.75, 3.05) is 5.73 Å². The molecular formula is C14H10BrF2NO. The van der Waals surface area contributed by atoms with Gasteiger partial charge in [-0.05, 0) is 36.8 Å². The predicted octanol–water partition coefficient (Wildman–Crippen LogP) is 3.85. The fraction of sp³-hybridized carbons (Fsp3) is 0.0714. The number of nitrogen functional groups attached to an aromatic ring is 1. The third kappa shape index (κ3) is 2.51. The highest BCUT2D eigenvalue weighted by Gasteiger charge is 2.20. The Hall–Kier alpha value is -1.75. The molecule has 19 heavy (non-hydrogen) atoms. The van der Waals surface area contributed by atoms with Gasteiger partial charge in [0, 0.05) is 15.7 Å². The van der Waals surface area contributed by atoms with Gasteiger partial charge in [0.05, 0.1) is 5.56 Å². The lowest BCUT2D eigenvalue weighted by Crippen LogP contribution is -2.08. The molecule has 0 heterocycles. The van der Waals surface area contributed by atoms with Crippen molar-refractivity contribution in [3.05, 3.63) is 63.1 Å². The molecule has 0 bridgehead atoms. The van der Waals surface area contributed by atoms with Crippen LogP contribution in [-0.2, 0) is 0 Å². The summed E-state index contributed by atoms with van der Waals surface area (Å²) in [6, 6.07) is 7.25. The van der Waals surface area contributed by atoms with E-state index in [9.17, 15) is 13.6 Å². The van der Waals surface area contributed by atoms with Gasteiger partial charge in [0.25, 0.3) is 0 Å². The zero-order valence-corrected chi connectivity index (χ0v) is 11.6. The van der Waals surface area contributed by atoms with Crippen LogP contribution >= 0.6 is 15.9 Å². The Kier molecular flexibility index (Phi) is 3.66. The molecule has 0 radical (unpaired) electrons. The number of carbonyl (C=O) groups is 1. The van der Waals surface area contributed by atoms with Crippen LogP contribution < -0.4 is 5.73 Å². The van der Waals surface area contributed by atoms with Crippen molar-refractivity contribution < 1.29 is 13.6 Å². The third-order valence-electron chi connectivity index (χ3n) is 2.76. The van der Waals surface area contributed by atoms with Crippen molar-refractivity contribution in [2.45, 2.75) is 6.92 Å². The van der Waals surface area contributed by atoms with Gasteiger partial charge in [0.15, 0.2) is 17.4 Å². The normalized spacial score (nSPS) is 10.5. The van der Waals surface area contributed by atoms with Gasteiger partial charge < -0.3 is 5.73 Å². The van der Waals surface area contributed by atoms with Gasteiger partial charge in [-0.25, -0.2) is 8.78 Å². The lowest BCUT2D eigenvalue weighted by atomic mass is 10.0. The number of benzene rings is 2. The highest BCUT2D eigenvalue weighted by molar-refractivity contribution is 9.10. The maximum absolute atomic E-state index is 13.8. The average molecular weight is 326 g/mol. The molecule has 2 aromatic rings. The molecule has 0 saturated carbocycles. The van der Waals surface area contributed by atoms with E-state index in [0.29, 0.717) is 10.2 Å². The SMILES string of the molecule is Cc1ccc(C(=O)c2cc(N)ccc2Br)c(F)c1F. The summed E-state index contributed by atoms with van der Waals surface area (Å²) in [6.07, 6.45) is 0. The van der Waals surface area contributed by atoms with Crippen LogP contribution in [0.4, 0.5) is 14.5 Å². The summed E-state index contributed by atoms with van der Waals surface area (Å²) in [6.45, 7) is 1.43. The van der Waals surface area contributed by atoms with Crippen LogP contribution in [-0.4, -0.2) is 5.78 Å². The van der Waals surface area contributed by atoms with Crippen molar-refractivity contribution >= 4 is 27.4 Å². The van der Waals surface area contributed by atoms with Crippen molar-refractivity contribution in [1.29, 1.82) is 0 Å². The van der Waals surface area contributed by atoms with Gasteiger partial charge in [-0.15, -0.1) is 0 Å². The molecule has 98 valence electrons. The summed E-state index contributed by atoms with van der Waals surface area (Å²) in [5, 5.41) is 0. The zero-order valence-electron chi connectivity index (χ0n) is 10.0. The highest BCUT2D eigenvalue weighted by Crippen LogP contribution is 2.25. The number of halogens is 3. The van der Waals surface area contributed by atoms with Crippen molar-refractivity contribution in [3.8, 4) is 0 Å². The number of hydrogen-bond donors (Lipinski definition) is 1. The number of aryl methyl sites for hydroxylation is 1. The van der Waals surface area contributed by atoms with Crippen molar-refractivity contribution in [1.82, 2.24) is 0 Å². The fourth-order valence-electron chi connectivity index (χ4n) is 1.68. The van der Waals surface area contributed by atoms with Gasteiger partial charge in [-0.3, -0.25) is 4.79 Å². The van der Waals surface area contributed by atoms with Crippen LogP contribution in [0.25, 0.3) is 0 Å². The predicted molar refractivity (Wildman–Crippen MR) is 73.1 cm³/mol. The van der Waals surface area contributed by atoms with Crippen LogP contribution in [0.1, 0.15) is 21.5 Å². The van der Waals surface area contributed by atoms with E-state index in [1.807, 2.05) is 0 Å². The smallest absolute Gasteiger partial charge is 0.197 e. The molecule has 0 saturated heterocycles. The molecular weight excluding hydrogens is 316 g/mol. The molecule has 0 amide bonds. The number of rotatable bonds is 2. The summed E-state index contributed by atoms with van der Waals surface area (Å²) < 4.78 is 27.8. The molecule has 0 spiro atoms. The number of hydrogen-bond acceptors (Lipinski definition) is 2. The first-order valence-electron chi connectivity index (χ1n) is 5.46. The van der Waals surface area contributed by atoms with E-state index in [1.54, 1.807) is 12.1 Å². The second-order valence-electron chi connectivity index (χ2n) is 4.13. The van der Waals surface area contributed by atoms with Gasteiger partial charge in [0.1, 0.15) is 0 Å². The Morgan fingerprint density at radius 3 is 2.47 bits per heavy atom. The van der Waals surface area contributed by atoms with Crippen molar-refractivity contribution in [2.24, 2.45) is 0 Å². The maximum Gasteiger partial charge on any atom is 0.197 e. The summed E-state index contributed by atoms with van der Waals surface area (Å²) >= 11 is 3.19. The number of carbonyl (C=O) groups excluding carboxylic acids is 1. The Bertz CT molecular complexity index is 671. The first-order valence-corrected chi connectivity index (χ1v) is 6.25. The number of ketones is 1. The van der Waals surface area contributed by atoms with Crippen LogP contribution in [0.3, 0.4) is 0 Å². The molecule has 2 rings (SSSR count). The van der Waals surface area contributed by atoms with Gasteiger partial charge in [0.2, 0.25) is 0 Å². The molecule has 0 aliphatic rings. The molecule has 0 fully saturated rings. The van der Waals surface area contributed by atoms with E-state index in [-0.39, 0.29) is 16.7 Å². The van der Waals surface area contributed by atoms with E-state index in [0.717, 1.165) is 0 Å². The van der Waals surface area contributed by atoms with E-state index >= 15 is 0 Å². The van der Waals surface area contributed by atoms with E-state index in [4.69, 9.17) is 5.73 Å². The molecule has 0 atom stereocenters. The largest absolute Gasteiger partial charge is 0.399 e. The third-order valence-corrected chi connectivity index (χ3v) is 3.45. The summed E-state index contributed by atoms with van der Waals surface area (Å²) in [4.78, 5) is 12.2. The van der Waals surface area contributed by atoms with E-state index in [1.165, 1.54) is 25.1 Å². The highest BCUT2D eigenvalue weighted by atomic mass is 79.9. The topological polar surface area (TPSA) is 43.1 Å². The zero-order chi connectivity index (χ0) is 14.2. The average Bonchev–Trinajstić information content (AvgIpc) is 2.38. The number of anilines is 1. The van der Waals surface area contributed by atoms with E-state index < -0.39 is 17.4 Å². The molecule has 2 aromatic carbocycles. The lowest BCUT2D eigenvalue weighted by molar-refractivity contribution is 0.103. The second-order valence-corrected chi connectivity index (χ2v) is 4.98. The fourth-order valence-corrected chi connectivity index (χ4v) is 2.11. The van der Waals surface area contributed by atoms with Crippen molar-refractivity contribution in [3.63, 3.8) is 0 Å². The lowest BCUT2D eigenvalue weighted by Gasteiger charge is -2.07. The minimum absolute atomic E-state index is 0.153. The molecule has 0 aliphatic carbocycles. The van der Waals surface area contributed by atoms with Crippen LogP contribution in [0.15, 0.2) is 34.8 Å². The first-order chi connectivity index (χ1) is 8.91. The molecule has 0 aromatic heterocycles. The van der Waals surface area contributed by atoms with Gasteiger partial charge in [-0.2, -0.15) is 0 Å². The summed E-state index contributed by atoms with van der Waals surface area (Å²) in [7, 11) is 0. The Labute approximate surface area is 117 Å². The van der Waals surface area contributed by atoms with Crippen LogP contribution in [0.2, 0.25) is 0 Å². The Morgan fingerprint density at radius 1 is 1.11 bits per heavy atom. The second kappa shape index (κ2) is 5.09. The van der Waals surface area contributed by atoms with Gasteiger partial charge >= 0.3 is 0 Å². The first kappa shape index (κ1) is 13.7. The molecule has 0 unspecified atom stereocenters. The summed E-state index contributed by atoms with van der Waals surface area (Å²) in [5.74, 6) is -2.76. The molecule has 2 nitrogen and oxygen atoms in total. The molecule has 0 aliphatic heterocycles. The molecule has 5 heteroatoms. The number of nitrogens with two attached hydrogens (primary N) is 1. The van der Waals surface area contributed by atoms with E-state index in [2.05, 4.69) is 15.9 Å². The van der Waals surface area contributed by atoms with Crippen LogP contribution in [0, 0.1) is 18.6 Å². The quantitative estimate of drug-likeness (QED) is 0.673. The van der Waals surface area contributed by atoms with Gasteiger partial charge in [-0.1, -0.05) is 22.0 Å². The Balaban J connectivity index is 2.56. The maximum atomic E-state index is 13.8.